The molecular formula is C13H17BrFN. The van der Waals surface area contributed by atoms with Crippen molar-refractivity contribution in [3.8, 4) is 0 Å². The summed E-state index contributed by atoms with van der Waals surface area (Å²) in [6.45, 7) is 1.11. The number of hydrogen-bond donors (Lipinski definition) is 1. The standard InChI is InChI=1S/C13H17BrFN/c14-13-9-11(15)6-5-10(13)8-12-4-2-1-3-7-16-12/h5-6,9,12,16H,1-4,7-8H2. The molecule has 0 amide bonds. The number of halogens is 2. The second-order valence-corrected chi connectivity index (χ2v) is 5.29. The van der Waals surface area contributed by atoms with E-state index in [4.69, 9.17) is 0 Å². The number of rotatable bonds is 2. The van der Waals surface area contributed by atoms with E-state index in [1.807, 2.05) is 6.07 Å². The monoisotopic (exact) mass is 285 g/mol. The Balaban J connectivity index is 2.01. The van der Waals surface area contributed by atoms with E-state index in [1.54, 1.807) is 6.07 Å². The highest BCUT2D eigenvalue weighted by Crippen LogP contribution is 2.21. The number of nitrogens with one attached hydrogen (secondary N) is 1. The lowest BCUT2D eigenvalue weighted by atomic mass is 10.0. The van der Waals surface area contributed by atoms with Crippen LogP contribution in [0.2, 0.25) is 0 Å². The lowest BCUT2D eigenvalue weighted by Gasteiger charge is -2.16. The van der Waals surface area contributed by atoms with Gasteiger partial charge in [0.2, 0.25) is 0 Å². The molecule has 16 heavy (non-hydrogen) atoms. The van der Waals surface area contributed by atoms with E-state index in [0.717, 1.165) is 17.4 Å². The molecule has 1 fully saturated rings. The van der Waals surface area contributed by atoms with Crippen LogP contribution in [0.3, 0.4) is 0 Å². The predicted molar refractivity (Wildman–Crippen MR) is 68.1 cm³/mol. The highest BCUT2D eigenvalue weighted by Gasteiger charge is 2.13. The zero-order valence-electron chi connectivity index (χ0n) is 9.31. The molecule has 1 heterocycles. The highest BCUT2D eigenvalue weighted by molar-refractivity contribution is 9.10. The van der Waals surface area contributed by atoms with Crippen molar-refractivity contribution in [3.05, 3.63) is 34.1 Å². The Morgan fingerprint density at radius 3 is 3.00 bits per heavy atom. The van der Waals surface area contributed by atoms with Gasteiger partial charge in [-0.05, 0) is 43.5 Å². The van der Waals surface area contributed by atoms with Crippen LogP contribution in [0.5, 0.6) is 0 Å². The molecule has 88 valence electrons. The maximum absolute atomic E-state index is 12.9. The molecule has 1 aliphatic rings. The van der Waals surface area contributed by atoms with E-state index in [-0.39, 0.29) is 5.82 Å². The van der Waals surface area contributed by atoms with E-state index >= 15 is 0 Å². The van der Waals surface area contributed by atoms with Gasteiger partial charge in [0.1, 0.15) is 5.82 Å². The predicted octanol–water partition coefficient (Wildman–Crippen LogP) is 3.66. The van der Waals surface area contributed by atoms with Crippen LogP contribution in [0, 0.1) is 5.82 Å². The Labute approximate surface area is 105 Å². The van der Waals surface area contributed by atoms with Crippen LogP contribution in [0.25, 0.3) is 0 Å². The Morgan fingerprint density at radius 1 is 1.31 bits per heavy atom. The van der Waals surface area contributed by atoms with Gasteiger partial charge in [-0.1, -0.05) is 34.8 Å². The van der Waals surface area contributed by atoms with E-state index in [9.17, 15) is 4.39 Å². The maximum atomic E-state index is 12.9. The van der Waals surface area contributed by atoms with Crippen molar-refractivity contribution < 1.29 is 4.39 Å². The summed E-state index contributed by atoms with van der Waals surface area (Å²) >= 11 is 3.43. The average Bonchev–Trinajstić information content (AvgIpc) is 2.51. The van der Waals surface area contributed by atoms with Crippen LogP contribution in [0.4, 0.5) is 4.39 Å². The maximum Gasteiger partial charge on any atom is 0.124 e. The summed E-state index contributed by atoms with van der Waals surface area (Å²) in [6.07, 6.45) is 6.12. The quantitative estimate of drug-likeness (QED) is 0.874. The zero-order valence-corrected chi connectivity index (χ0v) is 10.9. The second-order valence-electron chi connectivity index (χ2n) is 4.44. The highest BCUT2D eigenvalue weighted by atomic mass is 79.9. The molecule has 1 aromatic rings. The first-order valence-electron chi connectivity index (χ1n) is 5.93. The smallest absolute Gasteiger partial charge is 0.124 e. The molecule has 1 aliphatic heterocycles. The van der Waals surface area contributed by atoms with Crippen molar-refractivity contribution in [2.75, 3.05) is 6.54 Å². The first-order valence-corrected chi connectivity index (χ1v) is 6.72. The Bertz CT molecular complexity index is 346. The molecule has 0 aromatic heterocycles. The van der Waals surface area contributed by atoms with E-state index in [1.165, 1.54) is 37.3 Å². The van der Waals surface area contributed by atoms with Crippen LogP contribution in [0.1, 0.15) is 31.2 Å². The normalized spacial score (nSPS) is 21.8. The van der Waals surface area contributed by atoms with Gasteiger partial charge in [-0.2, -0.15) is 0 Å². The van der Waals surface area contributed by atoms with Crippen molar-refractivity contribution in [3.63, 3.8) is 0 Å². The summed E-state index contributed by atoms with van der Waals surface area (Å²) < 4.78 is 13.8. The van der Waals surface area contributed by atoms with Crippen molar-refractivity contribution in [2.24, 2.45) is 0 Å². The van der Waals surface area contributed by atoms with Crippen LogP contribution in [-0.2, 0) is 6.42 Å². The van der Waals surface area contributed by atoms with Gasteiger partial charge in [0.05, 0.1) is 0 Å². The molecule has 0 spiro atoms. The van der Waals surface area contributed by atoms with Gasteiger partial charge < -0.3 is 5.32 Å². The summed E-state index contributed by atoms with van der Waals surface area (Å²) in [5, 5.41) is 3.56. The van der Waals surface area contributed by atoms with Crippen LogP contribution >= 0.6 is 15.9 Å². The fourth-order valence-corrected chi connectivity index (χ4v) is 2.74. The molecule has 1 saturated heterocycles. The molecule has 1 nitrogen and oxygen atoms in total. The average molecular weight is 286 g/mol. The fourth-order valence-electron chi connectivity index (χ4n) is 2.23. The van der Waals surface area contributed by atoms with Gasteiger partial charge in [0.15, 0.2) is 0 Å². The molecule has 1 atom stereocenters. The van der Waals surface area contributed by atoms with Gasteiger partial charge >= 0.3 is 0 Å². The molecule has 0 bridgehead atoms. The first kappa shape index (κ1) is 12.1. The largest absolute Gasteiger partial charge is 0.314 e. The molecule has 1 unspecified atom stereocenters. The van der Waals surface area contributed by atoms with Crippen molar-refractivity contribution >= 4 is 15.9 Å². The van der Waals surface area contributed by atoms with E-state index < -0.39 is 0 Å². The van der Waals surface area contributed by atoms with Gasteiger partial charge in [-0.3, -0.25) is 0 Å². The number of benzene rings is 1. The second kappa shape index (κ2) is 5.78. The van der Waals surface area contributed by atoms with E-state index in [2.05, 4.69) is 21.2 Å². The molecule has 0 saturated carbocycles. The van der Waals surface area contributed by atoms with Gasteiger partial charge in [0, 0.05) is 10.5 Å². The Morgan fingerprint density at radius 2 is 2.19 bits per heavy atom. The molecule has 2 rings (SSSR count). The van der Waals surface area contributed by atoms with Crippen molar-refractivity contribution in [1.29, 1.82) is 0 Å². The first-order chi connectivity index (χ1) is 7.75. The Hall–Kier alpha value is -0.410. The molecule has 3 heteroatoms. The summed E-state index contributed by atoms with van der Waals surface area (Å²) in [5.74, 6) is -0.176. The third-order valence-corrected chi connectivity index (χ3v) is 3.88. The molecule has 1 N–H and O–H groups in total. The van der Waals surface area contributed by atoms with Crippen LogP contribution in [0.15, 0.2) is 22.7 Å². The summed E-state index contributed by atoms with van der Waals surface area (Å²) in [6, 6.07) is 5.51. The van der Waals surface area contributed by atoms with Gasteiger partial charge in [0.25, 0.3) is 0 Å². The third-order valence-electron chi connectivity index (χ3n) is 3.14. The summed E-state index contributed by atoms with van der Waals surface area (Å²) in [7, 11) is 0. The zero-order chi connectivity index (χ0) is 11.4. The lowest BCUT2D eigenvalue weighted by molar-refractivity contribution is 0.506. The van der Waals surface area contributed by atoms with Crippen LogP contribution in [-0.4, -0.2) is 12.6 Å². The molecule has 0 aliphatic carbocycles. The van der Waals surface area contributed by atoms with Crippen LogP contribution < -0.4 is 5.32 Å². The molecular weight excluding hydrogens is 269 g/mol. The van der Waals surface area contributed by atoms with Gasteiger partial charge in [-0.25, -0.2) is 4.39 Å². The van der Waals surface area contributed by atoms with Crippen molar-refractivity contribution in [1.82, 2.24) is 5.32 Å². The third kappa shape index (κ3) is 3.29. The minimum atomic E-state index is -0.176. The molecule has 1 aromatic carbocycles. The Kier molecular flexibility index (Phi) is 4.36. The molecule has 0 radical (unpaired) electrons. The van der Waals surface area contributed by atoms with Gasteiger partial charge in [-0.15, -0.1) is 0 Å². The fraction of sp³-hybridized carbons (Fsp3) is 0.538. The summed E-state index contributed by atoms with van der Waals surface area (Å²) in [5.41, 5.74) is 1.20. The summed E-state index contributed by atoms with van der Waals surface area (Å²) in [4.78, 5) is 0. The minimum Gasteiger partial charge on any atom is -0.314 e. The minimum absolute atomic E-state index is 0.176. The van der Waals surface area contributed by atoms with Crippen molar-refractivity contribution in [2.45, 2.75) is 38.1 Å². The topological polar surface area (TPSA) is 12.0 Å². The lowest BCUT2D eigenvalue weighted by Crippen LogP contribution is -2.30. The SMILES string of the molecule is Fc1ccc(CC2CCCCCN2)c(Br)c1. The number of hydrogen-bond acceptors (Lipinski definition) is 1. The van der Waals surface area contributed by atoms with E-state index in [0.29, 0.717) is 6.04 Å².